The molecule has 2 nitrogen and oxygen atoms in total. The number of rotatable bonds is 0. The van der Waals surface area contributed by atoms with Crippen LogP contribution in [0.4, 0.5) is 0 Å². The third-order valence-corrected chi connectivity index (χ3v) is 1.25. The lowest BCUT2D eigenvalue weighted by atomic mass is 10.6. The Labute approximate surface area is 60.5 Å². The molecule has 10 heavy (non-hydrogen) atoms. The quantitative estimate of drug-likeness (QED) is 0.573. The highest BCUT2D eigenvalue weighted by atomic mass is 15.0. The van der Waals surface area contributed by atoms with Gasteiger partial charge in [0.05, 0.1) is 0 Å². The van der Waals surface area contributed by atoms with E-state index in [0.29, 0.717) is 0 Å². The molecule has 2 heterocycles. The smallest absolute Gasteiger partial charge is 0.114 e. The second-order valence-corrected chi connectivity index (χ2v) is 1.76. The lowest BCUT2D eigenvalue weighted by Crippen LogP contribution is -1.67. The molecule has 2 rings (SSSR count). The summed E-state index contributed by atoms with van der Waals surface area (Å²) in [4.78, 5) is 3.06. The van der Waals surface area contributed by atoms with Gasteiger partial charge in [-0.25, -0.2) is 0 Å². The van der Waals surface area contributed by atoms with Gasteiger partial charge in [-0.3, -0.25) is 0 Å². The van der Waals surface area contributed by atoms with Gasteiger partial charge in [0.25, 0.3) is 0 Å². The molecule has 0 spiro atoms. The van der Waals surface area contributed by atoms with E-state index < -0.39 is 0 Å². The van der Waals surface area contributed by atoms with Crippen molar-refractivity contribution in [1.82, 2.24) is 9.38 Å². The van der Waals surface area contributed by atoms with E-state index in [9.17, 15) is 0 Å². The van der Waals surface area contributed by atoms with Gasteiger partial charge >= 0.3 is 0 Å². The standard InChI is InChI=1S/C6H6N2.C2H6/c1-2-6-7-3-5-8(6)4-1;1-2/h1-5,7H;1-2H3. The second kappa shape index (κ2) is 3.11. The summed E-state index contributed by atoms with van der Waals surface area (Å²) >= 11 is 0. The van der Waals surface area contributed by atoms with E-state index in [2.05, 4.69) is 4.98 Å². The Morgan fingerprint density at radius 3 is 2.80 bits per heavy atom. The summed E-state index contributed by atoms with van der Waals surface area (Å²) < 4.78 is 2.03. The third-order valence-electron chi connectivity index (χ3n) is 1.25. The van der Waals surface area contributed by atoms with Crippen LogP contribution in [0.1, 0.15) is 13.8 Å². The van der Waals surface area contributed by atoms with Gasteiger partial charge in [-0.15, -0.1) is 0 Å². The van der Waals surface area contributed by atoms with Crippen molar-refractivity contribution in [3.05, 3.63) is 30.7 Å². The van der Waals surface area contributed by atoms with Crippen molar-refractivity contribution in [2.75, 3.05) is 0 Å². The Morgan fingerprint density at radius 1 is 1.30 bits per heavy atom. The first-order chi connectivity index (χ1) is 4.97. The molecule has 0 bridgehead atoms. The van der Waals surface area contributed by atoms with Crippen molar-refractivity contribution >= 4 is 5.65 Å². The van der Waals surface area contributed by atoms with Gasteiger partial charge in [0.2, 0.25) is 0 Å². The van der Waals surface area contributed by atoms with Crippen LogP contribution in [0.15, 0.2) is 30.7 Å². The summed E-state index contributed by atoms with van der Waals surface area (Å²) in [6.45, 7) is 4.00. The van der Waals surface area contributed by atoms with Crippen molar-refractivity contribution in [2.45, 2.75) is 13.8 Å². The van der Waals surface area contributed by atoms with E-state index in [1.165, 1.54) is 0 Å². The number of imidazole rings is 1. The van der Waals surface area contributed by atoms with Crippen LogP contribution in [0.25, 0.3) is 5.65 Å². The molecular formula is C8H12N2. The summed E-state index contributed by atoms with van der Waals surface area (Å²) in [6, 6.07) is 4.03. The van der Waals surface area contributed by atoms with Gasteiger partial charge in [0.15, 0.2) is 0 Å². The minimum absolute atomic E-state index is 1.14. The number of hydrogen-bond acceptors (Lipinski definition) is 0. The highest BCUT2D eigenvalue weighted by Crippen LogP contribution is 1.97. The fourth-order valence-electron chi connectivity index (χ4n) is 0.849. The molecule has 0 aromatic carbocycles. The van der Waals surface area contributed by atoms with Crippen LogP contribution in [0.3, 0.4) is 0 Å². The molecule has 54 valence electrons. The molecular weight excluding hydrogens is 124 g/mol. The summed E-state index contributed by atoms with van der Waals surface area (Å²) in [7, 11) is 0. The predicted octanol–water partition coefficient (Wildman–Crippen LogP) is 2.29. The van der Waals surface area contributed by atoms with Crippen molar-refractivity contribution < 1.29 is 0 Å². The lowest BCUT2D eigenvalue weighted by Gasteiger charge is -1.74. The maximum Gasteiger partial charge on any atom is 0.114 e. The van der Waals surface area contributed by atoms with E-state index in [1.54, 1.807) is 0 Å². The largest absolute Gasteiger partial charge is 0.346 e. The molecule has 0 aliphatic rings. The Bertz CT molecular complexity index is 229. The molecule has 0 atom stereocenters. The van der Waals surface area contributed by atoms with Gasteiger partial charge < -0.3 is 9.38 Å². The molecule has 0 saturated carbocycles. The van der Waals surface area contributed by atoms with Crippen molar-refractivity contribution in [3.63, 3.8) is 0 Å². The molecule has 0 fully saturated rings. The average molecular weight is 136 g/mol. The van der Waals surface area contributed by atoms with Crippen LogP contribution in [0, 0.1) is 0 Å². The van der Waals surface area contributed by atoms with Crippen molar-refractivity contribution in [1.29, 1.82) is 0 Å². The van der Waals surface area contributed by atoms with E-state index >= 15 is 0 Å². The summed E-state index contributed by atoms with van der Waals surface area (Å²) in [5.41, 5.74) is 1.14. The van der Waals surface area contributed by atoms with Gasteiger partial charge in [-0.05, 0) is 12.1 Å². The topological polar surface area (TPSA) is 20.2 Å². The number of H-pyrrole nitrogens is 1. The van der Waals surface area contributed by atoms with E-state index in [4.69, 9.17) is 0 Å². The first kappa shape index (κ1) is 6.93. The lowest BCUT2D eigenvalue weighted by molar-refractivity contribution is 1.23. The first-order valence-electron chi connectivity index (χ1n) is 3.57. The molecule has 0 aliphatic heterocycles. The van der Waals surface area contributed by atoms with Crippen molar-refractivity contribution in [2.24, 2.45) is 0 Å². The number of aromatic nitrogens is 2. The number of aromatic amines is 1. The fourth-order valence-corrected chi connectivity index (χ4v) is 0.849. The van der Waals surface area contributed by atoms with Gasteiger partial charge in [0.1, 0.15) is 5.65 Å². The van der Waals surface area contributed by atoms with Crippen LogP contribution >= 0.6 is 0 Å². The van der Waals surface area contributed by atoms with Crippen LogP contribution in [0.5, 0.6) is 0 Å². The maximum absolute atomic E-state index is 3.06. The monoisotopic (exact) mass is 136 g/mol. The molecule has 0 aliphatic carbocycles. The number of nitrogens with zero attached hydrogens (tertiary/aromatic N) is 1. The number of nitrogens with one attached hydrogen (secondary N) is 1. The van der Waals surface area contributed by atoms with Crippen LogP contribution in [-0.4, -0.2) is 9.38 Å². The van der Waals surface area contributed by atoms with Gasteiger partial charge in [-0.1, -0.05) is 13.8 Å². The molecule has 0 saturated heterocycles. The van der Waals surface area contributed by atoms with Gasteiger partial charge in [-0.2, -0.15) is 0 Å². The van der Waals surface area contributed by atoms with Crippen LogP contribution in [0.2, 0.25) is 0 Å². The first-order valence-corrected chi connectivity index (χ1v) is 3.57. The Hall–Kier alpha value is -1.18. The highest BCUT2D eigenvalue weighted by molar-refractivity contribution is 5.38. The molecule has 0 unspecified atom stereocenters. The normalized spacial score (nSPS) is 9.00. The zero-order valence-corrected chi connectivity index (χ0v) is 6.33. The molecule has 2 aromatic rings. The molecule has 1 N–H and O–H groups in total. The summed E-state index contributed by atoms with van der Waals surface area (Å²) in [5, 5.41) is 0. The predicted molar refractivity (Wildman–Crippen MR) is 43.1 cm³/mol. The number of fused-ring (bicyclic) bond motifs is 1. The Balaban J connectivity index is 0.000000231. The van der Waals surface area contributed by atoms with Gasteiger partial charge in [0, 0.05) is 18.6 Å². The molecule has 2 heteroatoms. The zero-order chi connectivity index (χ0) is 7.40. The molecule has 2 aromatic heterocycles. The van der Waals surface area contributed by atoms with E-state index in [1.807, 2.05) is 49.0 Å². The minimum Gasteiger partial charge on any atom is -0.346 e. The Morgan fingerprint density at radius 2 is 2.10 bits per heavy atom. The molecule has 0 radical (unpaired) electrons. The Kier molecular flexibility index (Phi) is 2.15. The fraction of sp³-hybridized carbons (Fsp3) is 0.250. The second-order valence-electron chi connectivity index (χ2n) is 1.76. The van der Waals surface area contributed by atoms with Crippen LogP contribution < -0.4 is 0 Å². The highest BCUT2D eigenvalue weighted by Gasteiger charge is 1.85. The minimum atomic E-state index is 1.14. The molecule has 0 amide bonds. The summed E-state index contributed by atoms with van der Waals surface area (Å²) in [5.74, 6) is 0. The zero-order valence-electron chi connectivity index (χ0n) is 6.33. The maximum atomic E-state index is 3.06. The summed E-state index contributed by atoms with van der Waals surface area (Å²) in [6.07, 6.45) is 5.90. The van der Waals surface area contributed by atoms with E-state index in [0.717, 1.165) is 5.65 Å². The van der Waals surface area contributed by atoms with Crippen molar-refractivity contribution in [3.8, 4) is 0 Å². The number of hydrogen-bond donors (Lipinski definition) is 1. The SMILES string of the molecule is CC.c1cc2[nH]ccn2c1. The average Bonchev–Trinajstić information content (AvgIpc) is 2.49. The van der Waals surface area contributed by atoms with E-state index in [-0.39, 0.29) is 0 Å². The van der Waals surface area contributed by atoms with Crippen LogP contribution in [-0.2, 0) is 0 Å². The third kappa shape index (κ3) is 1.05.